The number of hydrogen-bond acceptors (Lipinski definition) is 2. The smallest absolute Gasteiger partial charge is 0.314 e. The highest BCUT2D eigenvalue weighted by Crippen LogP contribution is 2.43. The lowest BCUT2D eigenvalue weighted by atomic mass is 9.93. The van der Waals surface area contributed by atoms with E-state index in [9.17, 15) is 17.6 Å². The lowest BCUT2D eigenvalue weighted by Crippen LogP contribution is -2.45. The summed E-state index contributed by atoms with van der Waals surface area (Å²) in [6, 6.07) is 2.84. The van der Waals surface area contributed by atoms with Crippen LogP contribution in [0.4, 0.5) is 17.6 Å². The summed E-state index contributed by atoms with van der Waals surface area (Å²) in [4.78, 5) is 2.11. The zero-order chi connectivity index (χ0) is 15.7. The van der Waals surface area contributed by atoms with Gasteiger partial charge in [-0.15, -0.1) is 0 Å². The largest absolute Gasteiger partial charge is 0.416 e. The van der Waals surface area contributed by atoms with Gasteiger partial charge < -0.3 is 5.32 Å². The second-order valence-electron chi connectivity index (χ2n) is 6.21. The number of nitrogens with one attached hydrogen (secondary N) is 1. The first-order chi connectivity index (χ1) is 10.4. The Bertz CT molecular complexity index is 519. The second kappa shape index (κ2) is 6.16. The Morgan fingerprint density at radius 3 is 2.45 bits per heavy atom. The SMILES string of the molecule is Fc1ccc([C@H](CC2CC2)N2CCNCC2)c(C(F)(F)F)c1. The standard InChI is InChI=1S/C16H20F4N2/c17-12-3-4-13(14(10-12)16(18,19)20)15(9-11-1-2-11)22-7-5-21-6-8-22/h3-4,10-11,15,21H,1-2,5-9H2/t15-/m0/s1. The van der Waals surface area contributed by atoms with Crippen molar-refractivity contribution in [2.24, 2.45) is 5.92 Å². The van der Waals surface area contributed by atoms with E-state index >= 15 is 0 Å². The minimum atomic E-state index is -4.52. The van der Waals surface area contributed by atoms with Gasteiger partial charge in [0.05, 0.1) is 5.56 Å². The van der Waals surface area contributed by atoms with Gasteiger partial charge in [0.25, 0.3) is 0 Å². The van der Waals surface area contributed by atoms with E-state index in [1.54, 1.807) is 0 Å². The van der Waals surface area contributed by atoms with Crippen LogP contribution in [-0.2, 0) is 6.18 Å². The van der Waals surface area contributed by atoms with Crippen molar-refractivity contribution in [3.63, 3.8) is 0 Å². The molecule has 6 heteroatoms. The molecule has 0 aromatic heterocycles. The van der Waals surface area contributed by atoms with Crippen LogP contribution in [0.25, 0.3) is 0 Å². The number of piperazine rings is 1. The van der Waals surface area contributed by atoms with Gasteiger partial charge in [0.2, 0.25) is 0 Å². The molecule has 2 fully saturated rings. The maximum Gasteiger partial charge on any atom is 0.416 e. The summed E-state index contributed by atoms with van der Waals surface area (Å²) < 4.78 is 53.3. The summed E-state index contributed by atoms with van der Waals surface area (Å²) >= 11 is 0. The van der Waals surface area contributed by atoms with Gasteiger partial charge >= 0.3 is 6.18 Å². The fourth-order valence-corrected chi connectivity index (χ4v) is 3.20. The molecule has 1 aromatic carbocycles. The average molecular weight is 316 g/mol. The highest BCUT2D eigenvalue weighted by atomic mass is 19.4. The first-order valence-corrected chi connectivity index (χ1v) is 7.76. The third kappa shape index (κ3) is 3.60. The Kier molecular flexibility index (Phi) is 4.41. The van der Waals surface area contributed by atoms with E-state index in [1.807, 2.05) is 0 Å². The third-order valence-electron chi connectivity index (χ3n) is 4.53. The maximum atomic E-state index is 13.3. The molecule has 1 aliphatic carbocycles. The Labute approximate surface area is 127 Å². The summed E-state index contributed by atoms with van der Waals surface area (Å²) in [6.07, 6.45) is -1.61. The third-order valence-corrected chi connectivity index (χ3v) is 4.53. The van der Waals surface area contributed by atoms with Gasteiger partial charge in [-0.1, -0.05) is 18.9 Å². The van der Waals surface area contributed by atoms with E-state index in [0.29, 0.717) is 12.0 Å². The van der Waals surface area contributed by atoms with Crippen LogP contribution in [0.1, 0.15) is 36.4 Å². The van der Waals surface area contributed by atoms with Crippen LogP contribution < -0.4 is 5.32 Å². The summed E-state index contributed by atoms with van der Waals surface area (Å²) in [5.41, 5.74) is -0.598. The number of benzene rings is 1. The molecule has 1 heterocycles. The summed E-state index contributed by atoms with van der Waals surface area (Å²) in [5, 5.41) is 3.22. The molecule has 1 aromatic rings. The van der Waals surface area contributed by atoms with Crippen LogP contribution in [0.5, 0.6) is 0 Å². The summed E-state index contributed by atoms with van der Waals surface area (Å²) in [7, 11) is 0. The molecule has 2 nitrogen and oxygen atoms in total. The predicted molar refractivity (Wildman–Crippen MR) is 75.9 cm³/mol. The van der Waals surface area contributed by atoms with Crippen molar-refractivity contribution in [3.8, 4) is 0 Å². The van der Waals surface area contributed by atoms with Crippen molar-refractivity contribution in [1.29, 1.82) is 0 Å². The minimum absolute atomic E-state index is 0.225. The second-order valence-corrected chi connectivity index (χ2v) is 6.21. The molecule has 0 amide bonds. The lowest BCUT2D eigenvalue weighted by Gasteiger charge is -2.36. The Hall–Kier alpha value is -1.14. The van der Waals surface area contributed by atoms with Gasteiger partial charge in [-0.2, -0.15) is 13.2 Å². The molecule has 3 rings (SSSR count). The molecule has 1 aliphatic heterocycles. The molecule has 122 valence electrons. The molecule has 0 unspecified atom stereocenters. The van der Waals surface area contributed by atoms with Gasteiger partial charge in [-0.3, -0.25) is 4.90 Å². The molecule has 1 N–H and O–H groups in total. The summed E-state index contributed by atoms with van der Waals surface area (Å²) in [5.74, 6) is -0.326. The Morgan fingerprint density at radius 1 is 1.18 bits per heavy atom. The molecule has 0 radical (unpaired) electrons. The van der Waals surface area contributed by atoms with Gasteiger partial charge in [-0.05, 0) is 30.0 Å². The van der Waals surface area contributed by atoms with Crippen molar-refractivity contribution in [3.05, 3.63) is 35.1 Å². The van der Waals surface area contributed by atoms with Crippen molar-refractivity contribution >= 4 is 0 Å². The van der Waals surface area contributed by atoms with Crippen LogP contribution in [-0.4, -0.2) is 31.1 Å². The highest BCUT2D eigenvalue weighted by molar-refractivity contribution is 5.33. The molecule has 0 bridgehead atoms. The molecule has 22 heavy (non-hydrogen) atoms. The monoisotopic (exact) mass is 316 g/mol. The minimum Gasteiger partial charge on any atom is -0.314 e. The number of rotatable bonds is 4. The van der Waals surface area contributed by atoms with Gasteiger partial charge in [0.15, 0.2) is 0 Å². The summed E-state index contributed by atoms with van der Waals surface area (Å²) in [6.45, 7) is 3.02. The van der Waals surface area contributed by atoms with Crippen LogP contribution in [0.3, 0.4) is 0 Å². The van der Waals surface area contributed by atoms with Crippen LogP contribution >= 0.6 is 0 Å². The van der Waals surface area contributed by atoms with Crippen molar-refractivity contribution in [2.45, 2.75) is 31.5 Å². The molecule has 1 atom stereocenters. The number of halogens is 4. The fraction of sp³-hybridized carbons (Fsp3) is 0.625. The Balaban J connectivity index is 1.95. The number of alkyl halides is 3. The number of nitrogens with zero attached hydrogens (tertiary/aromatic N) is 1. The fourth-order valence-electron chi connectivity index (χ4n) is 3.20. The van der Waals surface area contributed by atoms with Crippen LogP contribution in [0.2, 0.25) is 0 Å². The normalized spacial score (nSPS) is 21.8. The maximum absolute atomic E-state index is 13.3. The van der Waals surface area contributed by atoms with Crippen LogP contribution in [0, 0.1) is 11.7 Å². The first-order valence-electron chi connectivity index (χ1n) is 7.76. The highest BCUT2D eigenvalue weighted by Gasteiger charge is 2.39. The van der Waals surface area contributed by atoms with E-state index in [-0.39, 0.29) is 11.6 Å². The lowest BCUT2D eigenvalue weighted by molar-refractivity contribution is -0.139. The van der Waals surface area contributed by atoms with E-state index in [0.717, 1.165) is 51.5 Å². The van der Waals surface area contributed by atoms with Gasteiger partial charge in [0, 0.05) is 32.2 Å². The van der Waals surface area contributed by atoms with E-state index < -0.39 is 17.6 Å². The van der Waals surface area contributed by atoms with Gasteiger partial charge in [-0.25, -0.2) is 4.39 Å². The number of hydrogen-bond donors (Lipinski definition) is 1. The predicted octanol–water partition coefficient (Wildman–Crippen LogP) is 3.59. The molecular formula is C16H20F4N2. The van der Waals surface area contributed by atoms with Crippen molar-refractivity contribution in [1.82, 2.24) is 10.2 Å². The van der Waals surface area contributed by atoms with Gasteiger partial charge in [0.1, 0.15) is 5.82 Å². The van der Waals surface area contributed by atoms with Crippen LogP contribution in [0.15, 0.2) is 18.2 Å². The molecule has 0 spiro atoms. The molecular weight excluding hydrogens is 296 g/mol. The Morgan fingerprint density at radius 2 is 1.86 bits per heavy atom. The molecule has 2 aliphatic rings. The average Bonchev–Trinajstić information content (AvgIpc) is 3.29. The quantitative estimate of drug-likeness (QED) is 0.854. The zero-order valence-electron chi connectivity index (χ0n) is 12.3. The van der Waals surface area contributed by atoms with E-state index in [4.69, 9.17) is 0 Å². The molecule has 1 saturated heterocycles. The van der Waals surface area contributed by atoms with Crippen molar-refractivity contribution in [2.75, 3.05) is 26.2 Å². The first kappa shape index (κ1) is 15.7. The van der Waals surface area contributed by atoms with Crippen molar-refractivity contribution < 1.29 is 17.6 Å². The van der Waals surface area contributed by atoms with E-state index in [2.05, 4.69) is 10.2 Å². The van der Waals surface area contributed by atoms with E-state index in [1.165, 1.54) is 6.07 Å². The zero-order valence-corrected chi connectivity index (χ0v) is 12.3. The topological polar surface area (TPSA) is 15.3 Å². The molecule has 1 saturated carbocycles.